The summed E-state index contributed by atoms with van der Waals surface area (Å²) < 4.78 is 0. The quantitative estimate of drug-likeness (QED) is 0.629. The fraction of sp³-hybridized carbons (Fsp3) is 0.818. The Bertz CT molecular complexity index is 232. The van der Waals surface area contributed by atoms with Crippen molar-refractivity contribution in [2.45, 2.75) is 27.7 Å². The summed E-state index contributed by atoms with van der Waals surface area (Å²) in [7, 11) is 1.59. The largest absolute Gasteiger partial charge is 0.285 e. The smallest absolute Gasteiger partial charge is 0.233 e. The third-order valence-electron chi connectivity index (χ3n) is 3.05. The van der Waals surface area contributed by atoms with Crippen molar-refractivity contribution in [2.75, 3.05) is 7.05 Å². The number of hydrogen-bond acceptors (Lipinski definition) is 2. The van der Waals surface area contributed by atoms with Crippen LogP contribution in [0.25, 0.3) is 0 Å². The summed E-state index contributed by atoms with van der Waals surface area (Å²) >= 11 is 0. The van der Waals surface area contributed by atoms with Crippen LogP contribution < -0.4 is 0 Å². The van der Waals surface area contributed by atoms with E-state index in [0.29, 0.717) is 0 Å². The lowest BCUT2D eigenvalue weighted by molar-refractivity contribution is -0.138. The third kappa shape index (κ3) is 1.56. The van der Waals surface area contributed by atoms with Crippen LogP contribution in [0, 0.1) is 23.7 Å². The Morgan fingerprint density at radius 3 is 1.43 bits per heavy atom. The molecule has 0 bridgehead atoms. The first-order chi connectivity index (χ1) is 6.37. The molecule has 0 aromatic rings. The molecule has 1 aliphatic rings. The Kier molecular flexibility index (Phi) is 2.98. The SMILES string of the molecule is CC(C)C1C(=O)N(C)C(=O)C1C(C)C. The van der Waals surface area contributed by atoms with Crippen LogP contribution in [-0.4, -0.2) is 23.8 Å². The van der Waals surface area contributed by atoms with Gasteiger partial charge in [-0.1, -0.05) is 27.7 Å². The number of carbonyl (C=O) groups excluding carboxylic acids is 2. The molecular formula is C11H19NO2. The molecule has 14 heavy (non-hydrogen) atoms. The van der Waals surface area contributed by atoms with Gasteiger partial charge in [0.1, 0.15) is 0 Å². The van der Waals surface area contributed by atoms with Gasteiger partial charge in [-0.05, 0) is 11.8 Å². The van der Waals surface area contributed by atoms with E-state index in [1.54, 1.807) is 7.05 Å². The van der Waals surface area contributed by atoms with Crippen LogP contribution in [0.1, 0.15) is 27.7 Å². The van der Waals surface area contributed by atoms with E-state index in [9.17, 15) is 9.59 Å². The topological polar surface area (TPSA) is 37.4 Å². The maximum Gasteiger partial charge on any atom is 0.233 e. The van der Waals surface area contributed by atoms with Crippen LogP contribution in [0.2, 0.25) is 0 Å². The molecule has 0 saturated carbocycles. The van der Waals surface area contributed by atoms with E-state index >= 15 is 0 Å². The molecule has 0 N–H and O–H groups in total. The molecule has 0 aromatic carbocycles. The van der Waals surface area contributed by atoms with Gasteiger partial charge in [-0.2, -0.15) is 0 Å². The Hall–Kier alpha value is -0.860. The molecule has 2 unspecified atom stereocenters. The molecule has 0 spiro atoms. The molecule has 0 radical (unpaired) electrons. The van der Waals surface area contributed by atoms with Crippen molar-refractivity contribution >= 4 is 11.8 Å². The van der Waals surface area contributed by atoms with Crippen LogP contribution in [-0.2, 0) is 9.59 Å². The van der Waals surface area contributed by atoms with E-state index in [4.69, 9.17) is 0 Å². The van der Waals surface area contributed by atoms with Crippen molar-refractivity contribution in [1.29, 1.82) is 0 Å². The summed E-state index contributed by atoms with van der Waals surface area (Å²) in [5.74, 6) is 0.222. The van der Waals surface area contributed by atoms with Crippen molar-refractivity contribution in [3.05, 3.63) is 0 Å². The molecule has 1 heterocycles. The van der Waals surface area contributed by atoms with E-state index in [1.807, 2.05) is 27.7 Å². The van der Waals surface area contributed by atoms with Gasteiger partial charge in [-0.15, -0.1) is 0 Å². The van der Waals surface area contributed by atoms with Crippen LogP contribution in [0.5, 0.6) is 0 Å². The molecule has 1 rings (SSSR count). The highest BCUT2D eigenvalue weighted by molar-refractivity contribution is 6.05. The summed E-state index contributed by atoms with van der Waals surface area (Å²) in [5, 5.41) is 0. The van der Waals surface area contributed by atoms with Gasteiger partial charge in [0, 0.05) is 7.05 Å². The fourth-order valence-electron chi connectivity index (χ4n) is 2.26. The van der Waals surface area contributed by atoms with Gasteiger partial charge < -0.3 is 0 Å². The second-order valence-corrected chi connectivity index (χ2v) is 4.78. The minimum Gasteiger partial charge on any atom is -0.285 e. The first-order valence-corrected chi connectivity index (χ1v) is 5.19. The van der Waals surface area contributed by atoms with Crippen LogP contribution in [0.4, 0.5) is 0 Å². The number of likely N-dealkylation sites (tertiary alicyclic amines) is 1. The van der Waals surface area contributed by atoms with Crippen LogP contribution in [0.15, 0.2) is 0 Å². The maximum atomic E-state index is 11.8. The zero-order valence-corrected chi connectivity index (χ0v) is 9.57. The highest BCUT2D eigenvalue weighted by Gasteiger charge is 2.48. The molecular weight excluding hydrogens is 178 g/mol. The highest BCUT2D eigenvalue weighted by Crippen LogP contribution is 2.35. The van der Waals surface area contributed by atoms with E-state index in [0.717, 1.165) is 0 Å². The van der Waals surface area contributed by atoms with Gasteiger partial charge in [0.25, 0.3) is 0 Å². The monoisotopic (exact) mass is 197 g/mol. The second-order valence-electron chi connectivity index (χ2n) is 4.78. The van der Waals surface area contributed by atoms with Crippen molar-refractivity contribution < 1.29 is 9.59 Å². The van der Waals surface area contributed by atoms with Gasteiger partial charge in [0.15, 0.2) is 0 Å². The van der Waals surface area contributed by atoms with Crippen molar-refractivity contribution in [1.82, 2.24) is 4.90 Å². The Labute approximate surface area is 85.5 Å². The highest BCUT2D eigenvalue weighted by atomic mass is 16.2. The molecule has 3 nitrogen and oxygen atoms in total. The normalized spacial score (nSPS) is 28.4. The second kappa shape index (κ2) is 3.71. The Morgan fingerprint density at radius 2 is 1.21 bits per heavy atom. The van der Waals surface area contributed by atoms with E-state index in [2.05, 4.69) is 0 Å². The predicted octanol–water partition coefficient (Wildman–Crippen LogP) is 1.53. The number of hydrogen-bond donors (Lipinski definition) is 0. The number of nitrogens with zero attached hydrogens (tertiary/aromatic N) is 1. The fourth-order valence-corrected chi connectivity index (χ4v) is 2.26. The zero-order chi connectivity index (χ0) is 11.0. The number of rotatable bonds is 2. The van der Waals surface area contributed by atoms with E-state index in [1.165, 1.54) is 4.90 Å². The molecule has 80 valence electrons. The first kappa shape index (κ1) is 11.2. The standard InChI is InChI=1S/C11H19NO2/c1-6(2)8-9(7(3)4)11(14)12(5)10(8)13/h6-9H,1-5H3. The lowest BCUT2D eigenvalue weighted by Gasteiger charge is -2.21. The minimum atomic E-state index is -0.118. The number of carbonyl (C=O) groups is 2. The minimum absolute atomic E-state index is 0.0105. The van der Waals surface area contributed by atoms with Gasteiger partial charge in [0.05, 0.1) is 11.8 Å². The molecule has 3 heteroatoms. The van der Waals surface area contributed by atoms with Crippen molar-refractivity contribution in [3.63, 3.8) is 0 Å². The summed E-state index contributed by atoms with van der Waals surface area (Å²) in [6, 6.07) is 0. The van der Waals surface area contributed by atoms with E-state index in [-0.39, 0.29) is 35.5 Å². The molecule has 1 fully saturated rings. The molecule has 2 atom stereocenters. The predicted molar refractivity (Wildman–Crippen MR) is 54.4 cm³/mol. The molecule has 0 aliphatic carbocycles. The molecule has 1 saturated heterocycles. The third-order valence-corrected chi connectivity index (χ3v) is 3.05. The first-order valence-electron chi connectivity index (χ1n) is 5.19. The summed E-state index contributed by atoms with van der Waals surface area (Å²) in [5.41, 5.74) is 0. The van der Waals surface area contributed by atoms with Gasteiger partial charge in [-0.25, -0.2) is 0 Å². The van der Waals surface area contributed by atoms with Crippen molar-refractivity contribution in [3.8, 4) is 0 Å². The van der Waals surface area contributed by atoms with Crippen molar-refractivity contribution in [2.24, 2.45) is 23.7 Å². The van der Waals surface area contributed by atoms with Gasteiger partial charge >= 0.3 is 0 Å². The summed E-state index contributed by atoms with van der Waals surface area (Å²) in [6.45, 7) is 8.02. The maximum absolute atomic E-state index is 11.8. The van der Waals surface area contributed by atoms with E-state index < -0.39 is 0 Å². The lowest BCUT2D eigenvalue weighted by Crippen LogP contribution is -2.27. The average molecular weight is 197 g/mol. The summed E-state index contributed by atoms with van der Waals surface area (Å²) in [6.07, 6.45) is 0. The molecule has 2 amide bonds. The van der Waals surface area contributed by atoms with Crippen LogP contribution in [0.3, 0.4) is 0 Å². The Morgan fingerprint density at radius 1 is 0.929 bits per heavy atom. The zero-order valence-electron chi connectivity index (χ0n) is 9.57. The Balaban J connectivity index is 3.01. The number of imide groups is 1. The summed E-state index contributed by atoms with van der Waals surface area (Å²) in [4.78, 5) is 24.8. The van der Waals surface area contributed by atoms with Gasteiger partial charge in [0.2, 0.25) is 11.8 Å². The lowest BCUT2D eigenvalue weighted by atomic mass is 9.79. The molecule has 1 aliphatic heterocycles. The molecule has 0 aromatic heterocycles. The number of amides is 2. The average Bonchev–Trinajstić information content (AvgIpc) is 2.29. The van der Waals surface area contributed by atoms with Crippen LogP contribution >= 0.6 is 0 Å². The van der Waals surface area contributed by atoms with Gasteiger partial charge in [-0.3, -0.25) is 14.5 Å².